The Morgan fingerprint density at radius 3 is 2.88 bits per heavy atom. The van der Waals surface area contributed by atoms with E-state index < -0.39 is 31.7 Å². The predicted molar refractivity (Wildman–Crippen MR) is 115 cm³/mol. The van der Waals surface area contributed by atoms with Crippen LogP contribution in [0.1, 0.15) is 18.7 Å². The summed E-state index contributed by atoms with van der Waals surface area (Å²) in [7, 11) is -2.13. The van der Waals surface area contributed by atoms with E-state index in [1.807, 2.05) is 30.3 Å². The van der Waals surface area contributed by atoms with Crippen molar-refractivity contribution in [3.63, 3.8) is 0 Å². The van der Waals surface area contributed by atoms with E-state index in [0.717, 1.165) is 5.56 Å². The van der Waals surface area contributed by atoms with Crippen molar-refractivity contribution >= 4 is 24.9 Å². The second kappa shape index (κ2) is 7.77. The van der Waals surface area contributed by atoms with Crippen LogP contribution in [0.15, 0.2) is 36.7 Å². The number of nitrogen functional groups attached to an aromatic ring is 1. The molecule has 13 heteroatoms. The molecule has 2 fully saturated rings. The molecule has 5 N–H and O–H groups in total. The summed E-state index contributed by atoms with van der Waals surface area (Å²) in [6, 6.07) is 9.55. The summed E-state index contributed by atoms with van der Waals surface area (Å²) < 4.78 is 37.8. The number of ether oxygens (including phenoxy) is 2. The zero-order valence-corrected chi connectivity index (χ0v) is 18.4. The molecule has 2 saturated heterocycles. The maximum atomic E-state index is 13.2. The summed E-state index contributed by atoms with van der Waals surface area (Å²) in [5.41, 5.74) is 13.2. The van der Waals surface area contributed by atoms with Crippen molar-refractivity contribution in [2.45, 2.75) is 37.4 Å². The van der Waals surface area contributed by atoms with E-state index in [0.29, 0.717) is 17.7 Å². The van der Waals surface area contributed by atoms with Crippen molar-refractivity contribution < 1.29 is 23.1 Å². The van der Waals surface area contributed by atoms with Gasteiger partial charge in [0.15, 0.2) is 17.4 Å². The summed E-state index contributed by atoms with van der Waals surface area (Å²) >= 11 is 0. The molecule has 5 atom stereocenters. The lowest BCUT2D eigenvalue weighted by Crippen LogP contribution is -2.54. The molecule has 32 heavy (non-hydrogen) atoms. The van der Waals surface area contributed by atoms with E-state index >= 15 is 0 Å². The van der Waals surface area contributed by atoms with Crippen LogP contribution in [0.5, 0.6) is 5.88 Å². The van der Waals surface area contributed by atoms with Gasteiger partial charge in [0.25, 0.3) is 0 Å². The number of aromatic nitrogens is 4. The Morgan fingerprint density at radius 1 is 1.34 bits per heavy atom. The van der Waals surface area contributed by atoms with Gasteiger partial charge in [-0.3, -0.25) is 13.6 Å². The third kappa shape index (κ3) is 3.54. The molecule has 1 aromatic carbocycles. The highest BCUT2D eigenvalue weighted by molar-refractivity contribution is 7.51. The third-order valence-corrected chi connectivity index (χ3v) is 7.16. The Hall–Kier alpha value is -2.60. The molecule has 0 radical (unpaired) electrons. The number of imidazole rings is 1. The highest BCUT2D eigenvalue weighted by atomic mass is 31.2. The molecule has 170 valence electrons. The minimum Gasteiger partial charge on any atom is -0.479 e. The average Bonchev–Trinajstić information content (AvgIpc) is 3.30. The lowest BCUT2D eigenvalue weighted by Gasteiger charge is -2.36. The first-order valence-electron chi connectivity index (χ1n) is 10.0. The Morgan fingerprint density at radius 2 is 2.12 bits per heavy atom. The van der Waals surface area contributed by atoms with Gasteiger partial charge in [0, 0.05) is 6.54 Å². The fraction of sp³-hybridized carbons (Fsp3) is 0.421. The van der Waals surface area contributed by atoms with E-state index in [9.17, 15) is 4.57 Å². The van der Waals surface area contributed by atoms with Crippen LogP contribution in [0, 0.1) is 0 Å². The number of hydrogen-bond acceptors (Lipinski definition) is 10. The van der Waals surface area contributed by atoms with Gasteiger partial charge in [0.05, 0.1) is 25.6 Å². The molecule has 0 spiro atoms. The van der Waals surface area contributed by atoms with Crippen LogP contribution < -0.4 is 21.3 Å². The minimum atomic E-state index is -3.60. The molecule has 0 saturated carbocycles. The molecule has 2 aliphatic rings. The van der Waals surface area contributed by atoms with Crippen LogP contribution in [-0.2, 0) is 24.9 Å². The van der Waals surface area contributed by atoms with Crippen LogP contribution in [0.2, 0.25) is 0 Å². The van der Waals surface area contributed by atoms with Gasteiger partial charge in [0.1, 0.15) is 12.2 Å². The normalized spacial score (nSPS) is 32.2. The van der Waals surface area contributed by atoms with Crippen LogP contribution in [0.3, 0.4) is 0 Å². The maximum Gasteiger partial charge on any atom is 0.406 e. The van der Waals surface area contributed by atoms with Gasteiger partial charge in [0.2, 0.25) is 11.8 Å². The molecule has 2 aromatic heterocycles. The zero-order chi connectivity index (χ0) is 22.5. The highest BCUT2D eigenvalue weighted by Crippen LogP contribution is 2.55. The maximum absolute atomic E-state index is 13.2. The topological polar surface area (TPSA) is 162 Å². The summed E-state index contributed by atoms with van der Waals surface area (Å²) in [4.78, 5) is 12.6. The van der Waals surface area contributed by atoms with Crippen molar-refractivity contribution in [1.29, 1.82) is 0 Å². The number of fused-ring (bicyclic) bond motifs is 2. The number of hydrogen-bond donors (Lipinski definition) is 3. The van der Waals surface area contributed by atoms with Gasteiger partial charge in [-0.2, -0.15) is 9.97 Å². The third-order valence-electron chi connectivity index (χ3n) is 5.62. The standard InChI is InChI=1S/C19H24N7O5P/c1-19(21)14-12(9-29-32(27,31-14)23-8-11-6-4-3-5-7-11)30-17(19)26-10-22-13-15(26)24-18(20)25-16(13)28-2/h3-7,10,12,14,17H,8-9,21H2,1-2H3,(H,23,27)(H2,20,24,25)/t12-,14-,17-,19-,32?/m1/s1. The van der Waals surface area contributed by atoms with Gasteiger partial charge in [-0.05, 0) is 12.5 Å². The Kier molecular flexibility index (Phi) is 5.16. The van der Waals surface area contributed by atoms with Crippen molar-refractivity contribution in [3.8, 4) is 5.88 Å². The molecule has 12 nitrogen and oxygen atoms in total. The molecule has 0 bridgehead atoms. The first-order valence-corrected chi connectivity index (χ1v) is 11.6. The second-order valence-electron chi connectivity index (χ2n) is 7.95. The van der Waals surface area contributed by atoms with Crippen molar-refractivity contribution in [2.75, 3.05) is 19.5 Å². The number of rotatable bonds is 5. The van der Waals surface area contributed by atoms with Crippen molar-refractivity contribution in [3.05, 3.63) is 42.2 Å². The first-order chi connectivity index (χ1) is 15.3. The number of nitrogens with zero attached hydrogens (tertiary/aromatic N) is 4. The molecule has 2 aliphatic heterocycles. The Balaban J connectivity index is 1.41. The summed E-state index contributed by atoms with van der Waals surface area (Å²) in [6.07, 6.45) is -0.434. The van der Waals surface area contributed by atoms with E-state index in [1.165, 1.54) is 13.4 Å². The SMILES string of the molecule is COc1nc(N)nc2c1ncn2[C@@H]1O[C@@H]2COP(=O)(NCc3ccccc3)O[C@H]2[C@@]1(C)N. The fourth-order valence-corrected chi connectivity index (χ4v) is 5.64. The van der Waals surface area contributed by atoms with Gasteiger partial charge in [-0.25, -0.2) is 14.6 Å². The summed E-state index contributed by atoms with van der Waals surface area (Å²) in [6.45, 7) is 2.14. The second-order valence-corrected chi connectivity index (χ2v) is 9.73. The van der Waals surface area contributed by atoms with E-state index in [4.69, 9.17) is 30.0 Å². The highest BCUT2D eigenvalue weighted by Gasteiger charge is 2.58. The van der Waals surface area contributed by atoms with Gasteiger partial charge >= 0.3 is 7.75 Å². The molecular formula is C19H24N7O5P. The average molecular weight is 461 g/mol. The van der Waals surface area contributed by atoms with E-state index in [-0.39, 0.29) is 18.4 Å². The number of nitrogens with one attached hydrogen (secondary N) is 1. The Labute approximate surface area is 183 Å². The first kappa shape index (κ1) is 21.3. The van der Waals surface area contributed by atoms with Crippen LogP contribution in [-0.4, -0.2) is 51.0 Å². The van der Waals surface area contributed by atoms with E-state index in [2.05, 4.69) is 20.0 Å². The Bertz CT molecular complexity index is 1190. The minimum absolute atomic E-state index is 0.0273. The van der Waals surface area contributed by atoms with Gasteiger partial charge in [-0.15, -0.1) is 0 Å². The van der Waals surface area contributed by atoms with Crippen LogP contribution >= 0.6 is 7.75 Å². The quantitative estimate of drug-likeness (QED) is 0.470. The number of nitrogens with two attached hydrogens (primary N) is 2. The number of anilines is 1. The van der Waals surface area contributed by atoms with Gasteiger partial charge in [-0.1, -0.05) is 30.3 Å². The number of benzene rings is 1. The smallest absolute Gasteiger partial charge is 0.406 e. The summed E-state index contributed by atoms with van der Waals surface area (Å²) in [5.74, 6) is 0.272. The monoisotopic (exact) mass is 461 g/mol. The largest absolute Gasteiger partial charge is 0.479 e. The number of methoxy groups -OCH3 is 1. The van der Waals surface area contributed by atoms with Crippen LogP contribution in [0.4, 0.5) is 5.95 Å². The van der Waals surface area contributed by atoms with Crippen molar-refractivity contribution in [1.82, 2.24) is 24.6 Å². The molecular weight excluding hydrogens is 437 g/mol. The van der Waals surface area contributed by atoms with Gasteiger partial charge < -0.3 is 20.9 Å². The predicted octanol–water partition coefficient (Wildman–Crippen LogP) is 1.35. The lowest BCUT2D eigenvalue weighted by molar-refractivity contribution is -0.0586. The molecule has 0 amide bonds. The molecule has 1 unspecified atom stereocenters. The van der Waals surface area contributed by atoms with Crippen LogP contribution in [0.25, 0.3) is 11.2 Å². The lowest BCUT2D eigenvalue weighted by atomic mass is 9.93. The molecule has 3 aromatic rings. The molecule has 4 heterocycles. The molecule has 5 rings (SSSR count). The van der Waals surface area contributed by atoms with Crippen molar-refractivity contribution in [2.24, 2.45) is 5.73 Å². The fourth-order valence-electron chi connectivity index (χ4n) is 4.04. The summed E-state index contributed by atoms with van der Waals surface area (Å²) in [5, 5.41) is 2.89. The van der Waals surface area contributed by atoms with E-state index in [1.54, 1.807) is 11.5 Å². The zero-order valence-electron chi connectivity index (χ0n) is 17.5. The molecule has 0 aliphatic carbocycles.